The zero-order valence-electron chi connectivity index (χ0n) is 12.6. The van der Waals surface area contributed by atoms with E-state index in [0.717, 1.165) is 12.1 Å². The standard InChI is InChI=1S/C14H20F2N2O4/c1-14(2,3)22-13(21)17-7-6-9(19)11(20)8-4-5-10(15)18-12(8)16/h4-5,9,11,19-20H,6-7H2,1-3H3,(H,17,21). The van der Waals surface area contributed by atoms with Crippen molar-refractivity contribution in [2.75, 3.05) is 6.54 Å². The van der Waals surface area contributed by atoms with Crippen molar-refractivity contribution >= 4 is 6.09 Å². The van der Waals surface area contributed by atoms with E-state index < -0.39 is 35.8 Å². The maximum Gasteiger partial charge on any atom is 0.407 e. The molecule has 8 heteroatoms. The van der Waals surface area contributed by atoms with E-state index in [-0.39, 0.29) is 18.5 Å². The number of carbonyl (C=O) groups is 1. The molecule has 2 atom stereocenters. The summed E-state index contributed by atoms with van der Waals surface area (Å²) in [5.41, 5.74) is -0.961. The molecule has 6 nitrogen and oxygen atoms in total. The highest BCUT2D eigenvalue weighted by molar-refractivity contribution is 5.67. The molecule has 1 aromatic heterocycles. The summed E-state index contributed by atoms with van der Waals surface area (Å²) in [6, 6.07) is 1.89. The Morgan fingerprint density at radius 3 is 2.55 bits per heavy atom. The van der Waals surface area contributed by atoms with Crippen LogP contribution in [0.3, 0.4) is 0 Å². The molecular weight excluding hydrogens is 298 g/mol. The van der Waals surface area contributed by atoms with Gasteiger partial charge in [0.25, 0.3) is 0 Å². The summed E-state index contributed by atoms with van der Waals surface area (Å²) in [7, 11) is 0. The van der Waals surface area contributed by atoms with Crippen molar-refractivity contribution in [1.82, 2.24) is 10.3 Å². The lowest BCUT2D eigenvalue weighted by Gasteiger charge is -2.21. The molecule has 22 heavy (non-hydrogen) atoms. The number of hydrogen-bond acceptors (Lipinski definition) is 5. The number of hydrogen-bond donors (Lipinski definition) is 3. The molecule has 2 unspecified atom stereocenters. The zero-order valence-corrected chi connectivity index (χ0v) is 12.6. The number of nitrogens with zero attached hydrogens (tertiary/aromatic N) is 1. The third kappa shape index (κ3) is 5.90. The molecule has 0 aromatic carbocycles. The smallest absolute Gasteiger partial charge is 0.407 e. The number of alkyl carbamates (subject to hydrolysis) is 1. The van der Waals surface area contributed by atoms with Crippen LogP contribution in [0.4, 0.5) is 13.6 Å². The van der Waals surface area contributed by atoms with Crippen LogP contribution in [0.5, 0.6) is 0 Å². The average Bonchev–Trinajstić information content (AvgIpc) is 2.35. The molecule has 0 saturated heterocycles. The van der Waals surface area contributed by atoms with Gasteiger partial charge in [-0.15, -0.1) is 0 Å². The number of aliphatic hydroxyl groups is 2. The first-order valence-electron chi connectivity index (χ1n) is 6.75. The maximum absolute atomic E-state index is 13.4. The van der Waals surface area contributed by atoms with Crippen LogP contribution in [-0.2, 0) is 4.74 Å². The first kappa shape index (κ1) is 18.2. The molecule has 0 aliphatic heterocycles. The molecule has 0 saturated carbocycles. The SMILES string of the molecule is CC(C)(C)OC(=O)NCCC(O)C(O)c1ccc(F)nc1F. The summed E-state index contributed by atoms with van der Waals surface area (Å²) < 4.78 is 31.1. The fraction of sp³-hybridized carbons (Fsp3) is 0.571. The maximum atomic E-state index is 13.4. The Morgan fingerprint density at radius 2 is 2.00 bits per heavy atom. The number of ether oxygens (including phenoxy) is 1. The van der Waals surface area contributed by atoms with Crippen LogP contribution < -0.4 is 5.32 Å². The van der Waals surface area contributed by atoms with E-state index in [2.05, 4.69) is 10.3 Å². The number of carbonyl (C=O) groups excluding carboxylic acids is 1. The Balaban J connectivity index is 2.48. The Hall–Kier alpha value is -1.80. The molecule has 1 aromatic rings. The largest absolute Gasteiger partial charge is 0.444 e. The minimum atomic E-state index is -1.58. The number of aromatic nitrogens is 1. The van der Waals surface area contributed by atoms with Gasteiger partial charge in [0.15, 0.2) is 0 Å². The summed E-state index contributed by atoms with van der Waals surface area (Å²) in [5.74, 6) is -2.21. The average molecular weight is 318 g/mol. The molecule has 1 rings (SSSR count). The molecule has 0 fully saturated rings. The highest BCUT2D eigenvalue weighted by atomic mass is 19.1. The van der Waals surface area contributed by atoms with Gasteiger partial charge in [0, 0.05) is 12.1 Å². The van der Waals surface area contributed by atoms with Crippen molar-refractivity contribution in [2.24, 2.45) is 0 Å². The minimum absolute atomic E-state index is 0.0172. The monoisotopic (exact) mass is 318 g/mol. The molecule has 124 valence electrons. The van der Waals surface area contributed by atoms with Gasteiger partial charge in [-0.1, -0.05) is 0 Å². The molecule has 1 amide bonds. The van der Waals surface area contributed by atoms with Gasteiger partial charge in [0.05, 0.1) is 6.10 Å². The normalized spacial score (nSPS) is 14.3. The third-order valence-electron chi connectivity index (χ3n) is 2.64. The Labute approximate surface area is 127 Å². The van der Waals surface area contributed by atoms with Gasteiger partial charge < -0.3 is 20.3 Å². The Bertz CT molecular complexity index is 520. The molecule has 0 aliphatic rings. The van der Waals surface area contributed by atoms with Gasteiger partial charge in [-0.3, -0.25) is 0 Å². The van der Waals surface area contributed by atoms with Gasteiger partial charge in [-0.25, -0.2) is 4.79 Å². The topological polar surface area (TPSA) is 91.7 Å². The van der Waals surface area contributed by atoms with Crippen LogP contribution >= 0.6 is 0 Å². The van der Waals surface area contributed by atoms with Crippen molar-refractivity contribution in [3.63, 3.8) is 0 Å². The Morgan fingerprint density at radius 1 is 1.36 bits per heavy atom. The number of pyridine rings is 1. The Kier molecular flexibility index (Phi) is 6.19. The van der Waals surface area contributed by atoms with Crippen molar-refractivity contribution in [2.45, 2.75) is 45.0 Å². The number of halogens is 2. The van der Waals surface area contributed by atoms with E-state index in [9.17, 15) is 23.8 Å². The van der Waals surface area contributed by atoms with Gasteiger partial charge in [-0.2, -0.15) is 13.8 Å². The molecule has 0 aliphatic carbocycles. The molecule has 0 radical (unpaired) electrons. The minimum Gasteiger partial charge on any atom is -0.444 e. The number of aliphatic hydroxyl groups excluding tert-OH is 2. The quantitative estimate of drug-likeness (QED) is 0.718. The second-order valence-electron chi connectivity index (χ2n) is 5.74. The van der Waals surface area contributed by atoms with E-state index in [4.69, 9.17) is 4.74 Å². The third-order valence-corrected chi connectivity index (χ3v) is 2.64. The van der Waals surface area contributed by atoms with Crippen LogP contribution in [0.2, 0.25) is 0 Å². The summed E-state index contributed by atoms with van der Waals surface area (Å²) >= 11 is 0. The molecular formula is C14H20F2N2O4. The van der Waals surface area contributed by atoms with E-state index >= 15 is 0 Å². The predicted molar refractivity (Wildman–Crippen MR) is 74.0 cm³/mol. The van der Waals surface area contributed by atoms with Crippen molar-refractivity contribution in [3.05, 3.63) is 29.6 Å². The first-order valence-corrected chi connectivity index (χ1v) is 6.75. The van der Waals surface area contributed by atoms with Crippen molar-refractivity contribution in [3.8, 4) is 0 Å². The van der Waals surface area contributed by atoms with E-state index in [1.807, 2.05) is 0 Å². The second-order valence-corrected chi connectivity index (χ2v) is 5.74. The number of rotatable bonds is 5. The van der Waals surface area contributed by atoms with E-state index in [1.54, 1.807) is 20.8 Å². The summed E-state index contributed by atoms with van der Waals surface area (Å²) in [4.78, 5) is 14.3. The van der Waals surface area contributed by atoms with Crippen LogP contribution in [-0.4, -0.2) is 39.5 Å². The number of amides is 1. The van der Waals surface area contributed by atoms with Gasteiger partial charge >= 0.3 is 6.09 Å². The summed E-state index contributed by atoms with van der Waals surface area (Å²) in [6.45, 7) is 5.13. The van der Waals surface area contributed by atoms with Gasteiger partial charge in [0.2, 0.25) is 11.9 Å². The summed E-state index contributed by atoms with van der Waals surface area (Å²) in [5, 5.41) is 22.0. The molecule has 0 bridgehead atoms. The lowest BCUT2D eigenvalue weighted by atomic mass is 10.0. The predicted octanol–water partition coefficient (Wildman–Crippen LogP) is 1.67. The highest BCUT2D eigenvalue weighted by Crippen LogP contribution is 2.20. The lowest BCUT2D eigenvalue weighted by Crippen LogP contribution is -2.34. The van der Waals surface area contributed by atoms with Crippen molar-refractivity contribution in [1.29, 1.82) is 0 Å². The van der Waals surface area contributed by atoms with Crippen LogP contribution in [0.25, 0.3) is 0 Å². The van der Waals surface area contributed by atoms with Gasteiger partial charge in [0.1, 0.15) is 11.7 Å². The summed E-state index contributed by atoms with van der Waals surface area (Å²) in [6.07, 6.45) is -3.63. The molecule has 3 N–H and O–H groups in total. The molecule has 1 heterocycles. The second kappa shape index (κ2) is 7.46. The fourth-order valence-corrected chi connectivity index (χ4v) is 1.64. The number of nitrogens with one attached hydrogen (secondary N) is 1. The van der Waals surface area contributed by atoms with E-state index in [1.165, 1.54) is 0 Å². The zero-order chi connectivity index (χ0) is 16.9. The first-order chi connectivity index (χ1) is 10.1. The van der Waals surface area contributed by atoms with E-state index in [0.29, 0.717) is 0 Å². The van der Waals surface area contributed by atoms with Crippen LogP contribution in [0.15, 0.2) is 12.1 Å². The fourth-order valence-electron chi connectivity index (χ4n) is 1.64. The highest BCUT2D eigenvalue weighted by Gasteiger charge is 2.23. The molecule has 0 spiro atoms. The lowest BCUT2D eigenvalue weighted by molar-refractivity contribution is 0.00981. The van der Waals surface area contributed by atoms with Crippen LogP contribution in [0.1, 0.15) is 38.9 Å². The van der Waals surface area contributed by atoms with Gasteiger partial charge in [-0.05, 0) is 39.3 Å². The van der Waals surface area contributed by atoms with Crippen molar-refractivity contribution < 1.29 is 28.5 Å². The van der Waals surface area contributed by atoms with Crippen LogP contribution in [0, 0.1) is 11.9 Å².